The Morgan fingerprint density at radius 2 is 2.50 bits per heavy atom. The van der Waals surface area contributed by atoms with E-state index < -0.39 is 0 Å². The lowest BCUT2D eigenvalue weighted by Gasteiger charge is -2.07. The first-order valence-electron chi connectivity index (χ1n) is 3.08. The predicted molar refractivity (Wildman–Crippen MR) is 33.5 cm³/mol. The van der Waals surface area contributed by atoms with Crippen LogP contribution in [0.5, 0.6) is 0 Å². The van der Waals surface area contributed by atoms with Gasteiger partial charge in [0.15, 0.2) is 6.39 Å². The van der Waals surface area contributed by atoms with E-state index in [2.05, 4.69) is 10.3 Å². The van der Waals surface area contributed by atoms with Crippen molar-refractivity contribution in [1.82, 2.24) is 4.98 Å². The molecule has 2 rings (SSSR count). The number of aryl methyl sites for hydroxylation is 1. The SMILES string of the molecule is O=C1CCc2ncoc2N1. The zero-order chi connectivity index (χ0) is 6.97. The lowest BCUT2D eigenvalue weighted by atomic mass is 10.2. The van der Waals surface area contributed by atoms with E-state index in [1.807, 2.05) is 0 Å². The standard InChI is InChI=1S/C6H6N2O2/c9-5-2-1-4-6(8-5)10-3-7-4/h3H,1-2H2,(H,8,9). The topological polar surface area (TPSA) is 55.1 Å². The Hall–Kier alpha value is -1.32. The third-order valence-corrected chi connectivity index (χ3v) is 1.48. The van der Waals surface area contributed by atoms with Crippen molar-refractivity contribution in [2.45, 2.75) is 12.8 Å². The van der Waals surface area contributed by atoms with Gasteiger partial charge in [0.2, 0.25) is 11.8 Å². The summed E-state index contributed by atoms with van der Waals surface area (Å²) in [4.78, 5) is 14.6. The number of nitrogens with one attached hydrogen (secondary N) is 1. The summed E-state index contributed by atoms with van der Waals surface area (Å²) in [5, 5.41) is 2.57. The normalized spacial score (nSPS) is 16.2. The molecule has 1 aromatic rings. The first-order chi connectivity index (χ1) is 4.86. The second kappa shape index (κ2) is 1.83. The van der Waals surface area contributed by atoms with Crippen LogP contribution in [-0.4, -0.2) is 10.9 Å². The molecular formula is C6H6N2O2. The summed E-state index contributed by atoms with van der Waals surface area (Å²) in [5.74, 6) is 0.514. The highest BCUT2D eigenvalue weighted by atomic mass is 16.4. The van der Waals surface area contributed by atoms with Crippen LogP contribution in [0, 0.1) is 0 Å². The number of oxazole rings is 1. The minimum absolute atomic E-state index is 0.00394. The number of nitrogens with zero attached hydrogens (tertiary/aromatic N) is 1. The Balaban J connectivity index is 2.39. The van der Waals surface area contributed by atoms with Crippen molar-refractivity contribution in [1.29, 1.82) is 0 Å². The van der Waals surface area contributed by atoms with Gasteiger partial charge in [-0.2, -0.15) is 0 Å². The summed E-state index contributed by atoms with van der Waals surface area (Å²) in [7, 11) is 0. The molecule has 0 fully saturated rings. The minimum atomic E-state index is 0.00394. The molecule has 0 aliphatic carbocycles. The summed E-state index contributed by atoms with van der Waals surface area (Å²) < 4.78 is 4.88. The molecule has 0 radical (unpaired) electrons. The number of hydrogen-bond acceptors (Lipinski definition) is 3. The maximum atomic E-state index is 10.7. The largest absolute Gasteiger partial charge is 0.427 e. The second-order valence-electron chi connectivity index (χ2n) is 2.18. The van der Waals surface area contributed by atoms with E-state index in [1.54, 1.807) is 0 Å². The Kier molecular flexibility index (Phi) is 1.00. The van der Waals surface area contributed by atoms with E-state index in [4.69, 9.17) is 4.42 Å². The van der Waals surface area contributed by atoms with Crippen molar-refractivity contribution in [3.05, 3.63) is 12.1 Å². The van der Waals surface area contributed by atoms with Crippen molar-refractivity contribution >= 4 is 11.8 Å². The predicted octanol–water partition coefficient (Wildman–Crippen LogP) is 0.559. The monoisotopic (exact) mass is 138 g/mol. The van der Waals surface area contributed by atoms with Crippen LogP contribution in [0.2, 0.25) is 0 Å². The first kappa shape index (κ1) is 5.46. The molecular weight excluding hydrogens is 132 g/mol. The molecule has 1 aliphatic rings. The molecule has 1 amide bonds. The van der Waals surface area contributed by atoms with Crippen LogP contribution in [0.3, 0.4) is 0 Å². The van der Waals surface area contributed by atoms with Gasteiger partial charge in [-0.25, -0.2) is 4.98 Å². The van der Waals surface area contributed by atoms with E-state index >= 15 is 0 Å². The first-order valence-corrected chi connectivity index (χ1v) is 3.08. The number of anilines is 1. The smallest absolute Gasteiger partial charge is 0.227 e. The van der Waals surface area contributed by atoms with Crippen LogP contribution in [0.1, 0.15) is 12.1 Å². The van der Waals surface area contributed by atoms with E-state index in [1.165, 1.54) is 6.39 Å². The highest BCUT2D eigenvalue weighted by Gasteiger charge is 2.17. The van der Waals surface area contributed by atoms with Crippen LogP contribution in [0.4, 0.5) is 5.88 Å². The van der Waals surface area contributed by atoms with Gasteiger partial charge < -0.3 is 4.42 Å². The number of carbonyl (C=O) groups excluding carboxylic acids is 1. The molecule has 2 heterocycles. The van der Waals surface area contributed by atoms with Gasteiger partial charge in [-0.1, -0.05) is 0 Å². The van der Waals surface area contributed by atoms with Crippen molar-refractivity contribution < 1.29 is 9.21 Å². The summed E-state index contributed by atoms with van der Waals surface area (Å²) >= 11 is 0. The fraction of sp³-hybridized carbons (Fsp3) is 0.333. The molecule has 52 valence electrons. The minimum Gasteiger partial charge on any atom is -0.427 e. The Labute approximate surface area is 57.2 Å². The molecule has 4 nitrogen and oxygen atoms in total. The van der Waals surface area contributed by atoms with Crippen LogP contribution in [0.15, 0.2) is 10.8 Å². The van der Waals surface area contributed by atoms with Crippen LogP contribution in [0.25, 0.3) is 0 Å². The fourth-order valence-corrected chi connectivity index (χ4v) is 0.970. The molecule has 1 N–H and O–H groups in total. The highest BCUT2D eigenvalue weighted by molar-refractivity contribution is 5.91. The van der Waals surface area contributed by atoms with E-state index in [-0.39, 0.29) is 5.91 Å². The zero-order valence-corrected chi connectivity index (χ0v) is 5.26. The lowest BCUT2D eigenvalue weighted by molar-refractivity contribution is -0.116. The summed E-state index contributed by atoms with van der Waals surface area (Å²) in [6.45, 7) is 0. The number of aromatic nitrogens is 1. The van der Waals surface area contributed by atoms with Crippen LogP contribution < -0.4 is 5.32 Å². The number of fused-ring (bicyclic) bond motifs is 1. The maximum Gasteiger partial charge on any atom is 0.227 e. The van der Waals surface area contributed by atoms with Gasteiger partial charge in [0.05, 0.1) is 0 Å². The molecule has 0 spiro atoms. The lowest BCUT2D eigenvalue weighted by Crippen LogP contribution is -2.17. The molecule has 0 atom stereocenters. The van der Waals surface area contributed by atoms with E-state index in [0.717, 1.165) is 5.69 Å². The molecule has 0 aromatic carbocycles. The van der Waals surface area contributed by atoms with Gasteiger partial charge in [0.1, 0.15) is 5.69 Å². The van der Waals surface area contributed by atoms with E-state index in [0.29, 0.717) is 18.7 Å². The number of carbonyl (C=O) groups is 1. The van der Waals surface area contributed by atoms with Crippen molar-refractivity contribution in [2.24, 2.45) is 0 Å². The second-order valence-corrected chi connectivity index (χ2v) is 2.18. The van der Waals surface area contributed by atoms with Gasteiger partial charge in [-0.05, 0) is 0 Å². The van der Waals surface area contributed by atoms with E-state index in [9.17, 15) is 4.79 Å². The van der Waals surface area contributed by atoms with Crippen LogP contribution in [-0.2, 0) is 11.2 Å². The van der Waals surface area contributed by atoms with Gasteiger partial charge in [-0.3, -0.25) is 10.1 Å². The molecule has 0 unspecified atom stereocenters. The van der Waals surface area contributed by atoms with Crippen LogP contribution >= 0.6 is 0 Å². The van der Waals surface area contributed by atoms with Gasteiger partial charge in [0.25, 0.3) is 0 Å². The average molecular weight is 138 g/mol. The van der Waals surface area contributed by atoms with Crippen molar-refractivity contribution in [3.63, 3.8) is 0 Å². The number of hydrogen-bond donors (Lipinski definition) is 1. The van der Waals surface area contributed by atoms with Gasteiger partial charge in [0, 0.05) is 12.8 Å². The van der Waals surface area contributed by atoms with Crippen molar-refractivity contribution in [3.8, 4) is 0 Å². The third-order valence-electron chi connectivity index (χ3n) is 1.48. The molecule has 0 saturated heterocycles. The summed E-state index contributed by atoms with van der Waals surface area (Å²) in [6, 6.07) is 0. The molecule has 10 heavy (non-hydrogen) atoms. The number of amides is 1. The Morgan fingerprint density at radius 1 is 1.60 bits per heavy atom. The molecule has 1 aromatic heterocycles. The third kappa shape index (κ3) is 0.689. The maximum absolute atomic E-state index is 10.7. The molecule has 1 aliphatic heterocycles. The highest BCUT2D eigenvalue weighted by Crippen LogP contribution is 2.19. The van der Waals surface area contributed by atoms with Gasteiger partial charge >= 0.3 is 0 Å². The number of rotatable bonds is 0. The van der Waals surface area contributed by atoms with Gasteiger partial charge in [-0.15, -0.1) is 0 Å². The fourth-order valence-electron chi connectivity index (χ4n) is 0.970. The quantitative estimate of drug-likeness (QED) is 0.569. The molecule has 4 heteroatoms. The zero-order valence-electron chi connectivity index (χ0n) is 5.26. The molecule has 0 saturated carbocycles. The summed E-state index contributed by atoms with van der Waals surface area (Å²) in [6.07, 6.45) is 2.55. The molecule has 0 bridgehead atoms. The summed E-state index contributed by atoms with van der Waals surface area (Å²) in [5.41, 5.74) is 0.847. The van der Waals surface area contributed by atoms with Crippen molar-refractivity contribution in [2.75, 3.05) is 5.32 Å². The Bertz CT molecular complexity index is 266. The average Bonchev–Trinajstić information content (AvgIpc) is 2.33. The Morgan fingerprint density at radius 3 is 3.40 bits per heavy atom.